The molecule has 0 radical (unpaired) electrons. The van der Waals surface area contributed by atoms with Crippen LogP contribution in [0, 0.1) is 0 Å². The Morgan fingerprint density at radius 3 is 2.92 bits per heavy atom. The summed E-state index contributed by atoms with van der Waals surface area (Å²) < 4.78 is 6.55. The van der Waals surface area contributed by atoms with Gasteiger partial charge in [0.25, 0.3) is 0 Å². The molecule has 1 aromatic heterocycles. The Kier molecular flexibility index (Phi) is 4.69. The zero-order chi connectivity index (χ0) is 17.6. The third-order valence-electron chi connectivity index (χ3n) is 4.44. The van der Waals surface area contributed by atoms with E-state index in [-0.39, 0.29) is 12.1 Å². The van der Waals surface area contributed by atoms with E-state index in [9.17, 15) is 0 Å². The van der Waals surface area contributed by atoms with Crippen LogP contribution in [0.2, 0.25) is 5.02 Å². The summed E-state index contributed by atoms with van der Waals surface area (Å²) in [5, 5.41) is 2.27. The molecule has 0 amide bonds. The minimum atomic E-state index is -0.0736. The second kappa shape index (κ2) is 6.82. The summed E-state index contributed by atoms with van der Waals surface area (Å²) >= 11 is 11.8. The van der Waals surface area contributed by atoms with Gasteiger partial charge in [0.2, 0.25) is 0 Å². The van der Waals surface area contributed by atoms with E-state index in [4.69, 9.17) is 21.3 Å². The van der Waals surface area contributed by atoms with Gasteiger partial charge in [-0.25, -0.2) is 0 Å². The number of hydrogen-bond acceptors (Lipinski definition) is 5. The van der Waals surface area contributed by atoms with Crippen LogP contribution in [0.25, 0.3) is 0 Å². The molecule has 2 aliphatic rings. The van der Waals surface area contributed by atoms with Crippen LogP contribution in [0.4, 0.5) is 0 Å². The van der Waals surface area contributed by atoms with Crippen molar-refractivity contribution in [2.24, 2.45) is 4.99 Å². The van der Waals surface area contributed by atoms with Crippen molar-refractivity contribution in [3.05, 3.63) is 57.3 Å². The molecule has 0 aliphatic carbocycles. The fraction of sp³-hybridized carbons (Fsp3) is 0.333. The van der Waals surface area contributed by atoms with E-state index in [1.165, 1.54) is 0 Å². The highest BCUT2D eigenvalue weighted by Gasteiger charge is 2.44. The van der Waals surface area contributed by atoms with Gasteiger partial charge in [-0.3, -0.25) is 9.98 Å². The molecular formula is C18H17BrClN3OS. The lowest BCUT2D eigenvalue weighted by molar-refractivity contribution is 0.307. The van der Waals surface area contributed by atoms with Crippen LogP contribution in [0.5, 0.6) is 5.75 Å². The number of pyridine rings is 1. The average Bonchev–Trinajstić information content (AvgIpc) is 3.10. The van der Waals surface area contributed by atoms with E-state index in [2.05, 4.69) is 32.7 Å². The zero-order valence-corrected chi connectivity index (χ0v) is 17.0. The molecule has 3 atom stereocenters. The van der Waals surface area contributed by atoms with E-state index in [0.717, 1.165) is 33.2 Å². The van der Waals surface area contributed by atoms with Crippen molar-refractivity contribution in [2.75, 3.05) is 13.7 Å². The molecule has 4 rings (SSSR count). The first-order chi connectivity index (χ1) is 12.1. The van der Waals surface area contributed by atoms with Crippen LogP contribution in [0.15, 0.2) is 46.0 Å². The van der Waals surface area contributed by atoms with Crippen LogP contribution in [0.1, 0.15) is 30.3 Å². The summed E-state index contributed by atoms with van der Waals surface area (Å²) in [7, 11) is 1.69. The number of aliphatic imine (C=N–C) groups is 1. The molecule has 2 aromatic rings. The molecule has 2 aliphatic heterocycles. The zero-order valence-electron chi connectivity index (χ0n) is 13.8. The number of methoxy groups -OCH3 is 1. The predicted molar refractivity (Wildman–Crippen MR) is 107 cm³/mol. The van der Waals surface area contributed by atoms with Gasteiger partial charge in [-0.2, -0.15) is 0 Å². The molecular weight excluding hydrogens is 422 g/mol. The first-order valence-corrected chi connectivity index (χ1v) is 10.1. The number of amidine groups is 1. The Balaban J connectivity index is 1.86. The highest BCUT2D eigenvalue weighted by atomic mass is 79.9. The lowest BCUT2D eigenvalue weighted by Crippen LogP contribution is -2.29. The summed E-state index contributed by atoms with van der Waals surface area (Å²) in [4.78, 5) is 11.9. The lowest BCUT2D eigenvalue weighted by Gasteiger charge is -2.29. The molecule has 130 valence electrons. The highest BCUT2D eigenvalue weighted by Crippen LogP contribution is 2.51. The van der Waals surface area contributed by atoms with Gasteiger partial charge in [0.1, 0.15) is 11.8 Å². The second-order valence-corrected chi connectivity index (χ2v) is 8.84. The largest absolute Gasteiger partial charge is 0.495 e. The number of hydrogen-bond donors (Lipinski definition) is 0. The van der Waals surface area contributed by atoms with Crippen molar-refractivity contribution in [1.29, 1.82) is 0 Å². The predicted octanol–water partition coefficient (Wildman–Crippen LogP) is 5.10. The average molecular weight is 439 g/mol. The summed E-state index contributed by atoms with van der Waals surface area (Å²) in [6, 6.07) is 9.75. The van der Waals surface area contributed by atoms with Gasteiger partial charge in [0, 0.05) is 28.6 Å². The lowest BCUT2D eigenvalue weighted by atomic mass is 9.95. The monoisotopic (exact) mass is 437 g/mol. The topological polar surface area (TPSA) is 37.7 Å². The number of thioether (sulfide) groups is 1. The number of benzene rings is 1. The van der Waals surface area contributed by atoms with Gasteiger partial charge < -0.3 is 9.64 Å². The summed E-state index contributed by atoms with van der Waals surface area (Å²) in [6.07, 6.45) is 1.82. The molecule has 0 unspecified atom stereocenters. The van der Waals surface area contributed by atoms with Crippen molar-refractivity contribution in [1.82, 2.24) is 9.88 Å². The maximum Gasteiger partial charge on any atom is 0.160 e. The van der Waals surface area contributed by atoms with Crippen molar-refractivity contribution >= 4 is 44.5 Å². The van der Waals surface area contributed by atoms with Gasteiger partial charge >= 0.3 is 0 Å². The molecule has 1 saturated heterocycles. The molecule has 0 N–H and O–H groups in total. The van der Waals surface area contributed by atoms with Crippen LogP contribution >= 0.6 is 39.3 Å². The van der Waals surface area contributed by atoms with Crippen LogP contribution in [-0.2, 0) is 0 Å². The molecule has 7 heteroatoms. The minimum absolute atomic E-state index is 0.0206. The third-order valence-corrected chi connectivity index (χ3v) is 6.35. The normalized spacial score (nSPS) is 25.0. The number of rotatable bonds is 3. The summed E-state index contributed by atoms with van der Waals surface area (Å²) in [6.45, 7) is 3.17. The summed E-state index contributed by atoms with van der Waals surface area (Å²) in [5.74, 6) is 0.802. The Morgan fingerprint density at radius 2 is 2.20 bits per heavy atom. The second-order valence-electron chi connectivity index (χ2n) is 6.15. The van der Waals surface area contributed by atoms with Crippen molar-refractivity contribution in [2.45, 2.75) is 24.3 Å². The summed E-state index contributed by atoms with van der Waals surface area (Å²) in [5.41, 5.74) is 1.99. The number of fused-ring (bicyclic) bond motifs is 1. The molecule has 0 bridgehead atoms. The van der Waals surface area contributed by atoms with Gasteiger partial charge in [-0.05, 0) is 40.2 Å². The minimum Gasteiger partial charge on any atom is -0.495 e. The van der Waals surface area contributed by atoms with Crippen LogP contribution < -0.4 is 4.74 Å². The molecule has 25 heavy (non-hydrogen) atoms. The number of nitrogens with zero attached hydrogens (tertiary/aromatic N) is 3. The van der Waals surface area contributed by atoms with E-state index in [1.807, 2.05) is 48.3 Å². The van der Waals surface area contributed by atoms with Gasteiger partial charge in [-0.1, -0.05) is 36.4 Å². The van der Waals surface area contributed by atoms with E-state index in [1.54, 1.807) is 7.11 Å². The smallest absolute Gasteiger partial charge is 0.160 e. The first-order valence-electron chi connectivity index (χ1n) is 8.03. The molecule has 0 spiro atoms. The van der Waals surface area contributed by atoms with E-state index in [0.29, 0.717) is 10.3 Å². The highest BCUT2D eigenvalue weighted by molar-refractivity contribution is 9.10. The maximum absolute atomic E-state index is 6.36. The molecule has 0 saturated carbocycles. The fourth-order valence-corrected chi connectivity index (χ4v) is 5.56. The Labute approximate surface area is 164 Å². The van der Waals surface area contributed by atoms with Crippen molar-refractivity contribution in [3.8, 4) is 5.75 Å². The number of aromatic nitrogens is 1. The van der Waals surface area contributed by atoms with E-state index >= 15 is 0 Å². The Hall–Kier alpha value is -1.24. The Morgan fingerprint density at radius 1 is 1.36 bits per heavy atom. The standard InChI is InChI=1S/C18H17BrClN3OS/c1-10-9-23-16(12-7-11(20)8-13(19)17(12)24-2)15(22-18(23)25-10)14-5-3-4-6-21-14/h3-8,10,15-16H,9H2,1-2H3/t10-,15+,16-/m1/s1. The van der Waals surface area contributed by atoms with Crippen LogP contribution in [-0.4, -0.2) is 34.0 Å². The third kappa shape index (κ3) is 3.04. The Bertz CT molecular complexity index is 833. The van der Waals surface area contributed by atoms with Crippen molar-refractivity contribution in [3.63, 3.8) is 0 Å². The molecule has 1 aromatic carbocycles. The van der Waals surface area contributed by atoms with Crippen molar-refractivity contribution < 1.29 is 4.74 Å². The quantitative estimate of drug-likeness (QED) is 0.668. The first kappa shape index (κ1) is 17.2. The fourth-order valence-electron chi connectivity index (χ4n) is 3.47. The number of ether oxygens (including phenoxy) is 1. The molecule has 3 heterocycles. The van der Waals surface area contributed by atoms with Gasteiger partial charge in [-0.15, -0.1) is 0 Å². The van der Waals surface area contributed by atoms with Gasteiger partial charge in [0.15, 0.2) is 5.17 Å². The van der Waals surface area contributed by atoms with Crippen LogP contribution in [0.3, 0.4) is 0 Å². The number of halogens is 2. The van der Waals surface area contributed by atoms with Gasteiger partial charge in [0.05, 0.1) is 23.3 Å². The SMILES string of the molecule is COc1c(Br)cc(Cl)cc1[C@@H]1[C@H](c2ccccn2)N=C2S[C@H](C)CN21. The maximum atomic E-state index is 6.36. The molecule has 4 nitrogen and oxygen atoms in total. The van der Waals surface area contributed by atoms with E-state index < -0.39 is 0 Å². The molecule has 1 fully saturated rings.